The minimum Gasteiger partial charge on any atom is -0.508 e. The molecule has 2 rings (SSSR count). The zero-order chi connectivity index (χ0) is 10.8. The van der Waals surface area contributed by atoms with Gasteiger partial charge in [-0.2, -0.15) is 0 Å². The van der Waals surface area contributed by atoms with Crippen LogP contribution < -0.4 is 5.73 Å². The highest BCUT2D eigenvalue weighted by atomic mass is 16.3. The SMILES string of the molecule is NCCc1cc(O)c2cc(O)ccc2c1. The third-order valence-electron chi connectivity index (χ3n) is 2.41. The van der Waals surface area contributed by atoms with E-state index in [9.17, 15) is 10.2 Å². The molecule has 3 nitrogen and oxygen atoms in total. The van der Waals surface area contributed by atoms with Gasteiger partial charge in [-0.3, -0.25) is 0 Å². The summed E-state index contributed by atoms with van der Waals surface area (Å²) in [6.45, 7) is 0.559. The summed E-state index contributed by atoms with van der Waals surface area (Å²) in [5, 5.41) is 20.6. The van der Waals surface area contributed by atoms with Crippen molar-refractivity contribution in [3.8, 4) is 11.5 Å². The van der Waals surface area contributed by atoms with Gasteiger partial charge in [-0.05, 0) is 42.1 Å². The molecule has 2 aromatic rings. The monoisotopic (exact) mass is 203 g/mol. The normalized spacial score (nSPS) is 10.7. The second-order valence-electron chi connectivity index (χ2n) is 3.56. The molecule has 0 saturated carbocycles. The highest BCUT2D eigenvalue weighted by Gasteiger charge is 2.03. The molecule has 0 fully saturated rings. The van der Waals surface area contributed by atoms with Gasteiger partial charge in [-0.1, -0.05) is 12.1 Å². The van der Waals surface area contributed by atoms with E-state index < -0.39 is 0 Å². The van der Waals surface area contributed by atoms with Gasteiger partial charge in [0.05, 0.1) is 0 Å². The number of phenols is 2. The van der Waals surface area contributed by atoms with E-state index in [2.05, 4.69) is 0 Å². The molecule has 78 valence electrons. The Labute approximate surface area is 87.8 Å². The fourth-order valence-electron chi connectivity index (χ4n) is 1.70. The maximum atomic E-state index is 9.75. The molecule has 0 aromatic heterocycles. The summed E-state index contributed by atoms with van der Waals surface area (Å²) in [7, 11) is 0. The number of rotatable bonds is 2. The van der Waals surface area contributed by atoms with Crippen LogP contribution in [0.3, 0.4) is 0 Å². The molecule has 0 radical (unpaired) electrons. The Bertz CT molecular complexity index is 494. The number of phenolic OH excluding ortho intramolecular Hbond substituents is 2. The van der Waals surface area contributed by atoms with Gasteiger partial charge in [0.2, 0.25) is 0 Å². The van der Waals surface area contributed by atoms with Crippen molar-refractivity contribution in [2.75, 3.05) is 6.54 Å². The Morgan fingerprint density at radius 2 is 1.87 bits per heavy atom. The maximum absolute atomic E-state index is 9.75. The predicted molar refractivity (Wildman–Crippen MR) is 60.0 cm³/mol. The smallest absolute Gasteiger partial charge is 0.123 e. The van der Waals surface area contributed by atoms with E-state index in [4.69, 9.17) is 5.73 Å². The van der Waals surface area contributed by atoms with Gasteiger partial charge in [0.25, 0.3) is 0 Å². The van der Waals surface area contributed by atoms with Gasteiger partial charge < -0.3 is 15.9 Å². The van der Waals surface area contributed by atoms with Gasteiger partial charge in [0, 0.05) is 5.39 Å². The molecule has 0 bridgehead atoms. The first-order valence-corrected chi connectivity index (χ1v) is 4.85. The Morgan fingerprint density at radius 3 is 2.60 bits per heavy atom. The molecule has 0 aliphatic rings. The third-order valence-corrected chi connectivity index (χ3v) is 2.41. The van der Waals surface area contributed by atoms with Crippen molar-refractivity contribution in [2.45, 2.75) is 6.42 Å². The van der Waals surface area contributed by atoms with Crippen molar-refractivity contribution in [1.82, 2.24) is 0 Å². The third kappa shape index (κ3) is 1.87. The number of hydrogen-bond acceptors (Lipinski definition) is 3. The average Bonchev–Trinajstić information content (AvgIpc) is 2.20. The van der Waals surface area contributed by atoms with E-state index in [1.165, 1.54) is 0 Å². The summed E-state index contributed by atoms with van der Waals surface area (Å²) in [4.78, 5) is 0. The molecule has 0 spiro atoms. The van der Waals surface area contributed by atoms with Crippen molar-refractivity contribution in [3.63, 3.8) is 0 Å². The van der Waals surface area contributed by atoms with Crippen LogP contribution in [0.2, 0.25) is 0 Å². The summed E-state index contributed by atoms with van der Waals surface area (Å²) in [5.74, 6) is 0.344. The average molecular weight is 203 g/mol. The highest BCUT2D eigenvalue weighted by Crippen LogP contribution is 2.29. The van der Waals surface area contributed by atoms with E-state index in [0.717, 1.165) is 17.4 Å². The predicted octanol–water partition coefficient (Wildman–Crippen LogP) is 1.75. The number of nitrogens with two attached hydrogens (primary N) is 1. The van der Waals surface area contributed by atoms with Crippen LogP contribution >= 0.6 is 0 Å². The lowest BCUT2D eigenvalue weighted by Gasteiger charge is -2.05. The summed E-state index contributed by atoms with van der Waals surface area (Å²) >= 11 is 0. The molecule has 0 amide bonds. The lowest BCUT2D eigenvalue weighted by Crippen LogP contribution is -2.02. The number of aromatic hydroxyl groups is 2. The van der Waals surface area contributed by atoms with Crippen molar-refractivity contribution < 1.29 is 10.2 Å². The quantitative estimate of drug-likeness (QED) is 0.696. The van der Waals surface area contributed by atoms with Gasteiger partial charge in [-0.15, -0.1) is 0 Å². The van der Waals surface area contributed by atoms with Crippen LogP contribution in [0.4, 0.5) is 0 Å². The molecule has 15 heavy (non-hydrogen) atoms. The van der Waals surface area contributed by atoms with Gasteiger partial charge >= 0.3 is 0 Å². The lowest BCUT2D eigenvalue weighted by molar-refractivity contribution is 0.471. The van der Waals surface area contributed by atoms with Crippen molar-refractivity contribution in [2.24, 2.45) is 5.73 Å². The van der Waals surface area contributed by atoms with Crippen LogP contribution in [-0.2, 0) is 6.42 Å². The molecule has 0 saturated heterocycles. The van der Waals surface area contributed by atoms with Gasteiger partial charge in [-0.25, -0.2) is 0 Å². The molecular weight excluding hydrogens is 190 g/mol. The minimum absolute atomic E-state index is 0.157. The Balaban J connectivity index is 2.62. The molecule has 2 aromatic carbocycles. The first-order chi connectivity index (χ1) is 7.20. The van der Waals surface area contributed by atoms with E-state index in [0.29, 0.717) is 11.9 Å². The largest absolute Gasteiger partial charge is 0.508 e. The number of hydrogen-bond donors (Lipinski definition) is 3. The number of fused-ring (bicyclic) bond motifs is 1. The second-order valence-corrected chi connectivity index (χ2v) is 3.56. The fourth-order valence-corrected chi connectivity index (χ4v) is 1.70. The Kier molecular flexibility index (Phi) is 2.47. The molecule has 3 heteroatoms. The number of benzene rings is 2. The zero-order valence-corrected chi connectivity index (χ0v) is 8.27. The van der Waals surface area contributed by atoms with E-state index in [1.54, 1.807) is 24.3 Å². The zero-order valence-electron chi connectivity index (χ0n) is 8.27. The lowest BCUT2D eigenvalue weighted by atomic mass is 10.0. The highest BCUT2D eigenvalue weighted by molar-refractivity contribution is 5.89. The second kappa shape index (κ2) is 3.79. The van der Waals surface area contributed by atoms with Crippen LogP contribution in [0.25, 0.3) is 10.8 Å². The van der Waals surface area contributed by atoms with Crippen molar-refractivity contribution >= 4 is 10.8 Å². The van der Waals surface area contributed by atoms with Crippen molar-refractivity contribution in [1.29, 1.82) is 0 Å². The van der Waals surface area contributed by atoms with Crippen LogP contribution in [0.5, 0.6) is 11.5 Å². The fraction of sp³-hybridized carbons (Fsp3) is 0.167. The first kappa shape index (κ1) is 9.80. The summed E-state index contributed by atoms with van der Waals surface area (Å²) in [6.07, 6.45) is 0.740. The van der Waals surface area contributed by atoms with Crippen LogP contribution in [0.15, 0.2) is 30.3 Å². The molecule has 0 aliphatic carbocycles. The first-order valence-electron chi connectivity index (χ1n) is 4.85. The van der Waals surface area contributed by atoms with E-state index in [-0.39, 0.29) is 11.5 Å². The summed E-state index contributed by atoms with van der Waals surface area (Å²) in [6, 6.07) is 8.60. The van der Waals surface area contributed by atoms with Gasteiger partial charge in [0.15, 0.2) is 0 Å². The Morgan fingerprint density at radius 1 is 1.07 bits per heavy atom. The van der Waals surface area contributed by atoms with Crippen LogP contribution in [0, 0.1) is 0 Å². The maximum Gasteiger partial charge on any atom is 0.123 e. The molecule has 0 unspecified atom stereocenters. The van der Waals surface area contributed by atoms with Crippen molar-refractivity contribution in [3.05, 3.63) is 35.9 Å². The molecular formula is C12H13NO2. The summed E-state index contributed by atoms with van der Waals surface area (Å²) < 4.78 is 0. The molecule has 0 heterocycles. The van der Waals surface area contributed by atoms with Crippen LogP contribution in [0.1, 0.15) is 5.56 Å². The molecule has 4 N–H and O–H groups in total. The van der Waals surface area contributed by atoms with E-state index >= 15 is 0 Å². The minimum atomic E-state index is 0.157. The topological polar surface area (TPSA) is 66.5 Å². The molecule has 0 atom stereocenters. The standard InChI is InChI=1S/C12H13NO2/c13-4-3-8-5-9-1-2-10(14)7-11(9)12(15)6-8/h1-2,5-7,14-15H,3-4,13H2. The van der Waals surface area contributed by atoms with Crippen LogP contribution in [-0.4, -0.2) is 16.8 Å². The summed E-state index contributed by atoms with van der Waals surface area (Å²) in [5.41, 5.74) is 6.46. The Hall–Kier alpha value is -1.74. The van der Waals surface area contributed by atoms with E-state index in [1.807, 2.05) is 6.07 Å². The van der Waals surface area contributed by atoms with Gasteiger partial charge in [0.1, 0.15) is 11.5 Å². The molecule has 0 aliphatic heterocycles.